The predicted octanol–water partition coefficient (Wildman–Crippen LogP) is 3.11. The molecule has 0 bridgehead atoms. The summed E-state index contributed by atoms with van der Waals surface area (Å²) in [5.74, 6) is 0.199. The Labute approximate surface area is 152 Å². The van der Waals surface area contributed by atoms with Crippen molar-refractivity contribution in [3.63, 3.8) is 0 Å². The molecule has 2 aliphatic heterocycles. The highest BCUT2D eigenvalue weighted by atomic mass is 16.5. The summed E-state index contributed by atoms with van der Waals surface area (Å²) in [6.45, 7) is 8.70. The first-order valence-electron chi connectivity index (χ1n) is 9.79. The molecule has 138 valence electrons. The highest BCUT2D eigenvalue weighted by molar-refractivity contribution is 5.73. The number of ether oxygens (including phenoxy) is 1. The minimum absolute atomic E-state index is 0.00493. The fourth-order valence-corrected chi connectivity index (χ4v) is 4.47. The van der Waals surface area contributed by atoms with Crippen LogP contribution < -0.4 is 0 Å². The Balaban J connectivity index is 1.51. The van der Waals surface area contributed by atoms with Crippen LogP contribution in [0, 0.1) is 0 Å². The van der Waals surface area contributed by atoms with Crippen LogP contribution in [0.2, 0.25) is 0 Å². The van der Waals surface area contributed by atoms with Gasteiger partial charge in [-0.2, -0.15) is 0 Å². The lowest BCUT2D eigenvalue weighted by Gasteiger charge is -2.48. The zero-order valence-electron chi connectivity index (χ0n) is 15.7. The maximum Gasteiger partial charge on any atom is 0.219 e. The number of hydrogen-bond acceptors (Lipinski definition) is 3. The topological polar surface area (TPSA) is 32.8 Å². The van der Waals surface area contributed by atoms with Crippen molar-refractivity contribution in [2.45, 2.75) is 57.6 Å². The quantitative estimate of drug-likeness (QED) is 0.823. The maximum atomic E-state index is 11.9. The van der Waals surface area contributed by atoms with Crippen molar-refractivity contribution in [3.05, 3.63) is 35.9 Å². The molecule has 1 aromatic carbocycles. The number of amides is 1. The van der Waals surface area contributed by atoms with E-state index in [4.69, 9.17) is 4.74 Å². The Hall–Kier alpha value is -1.39. The Kier molecular flexibility index (Phi) is 6.13. The van der Waals surface area contributed by atoms with Gasteiger partial charge in [0.2, 0.25) is 5.91 Å². The molecule has 1 spiro atoms. The normalized spacial score (nSPS) is 23.5. The fraction of sp³-hybridized carbons (Fsp3) is 0.667. The molecule has 25 heavy (non-hydrogen) atoms. The van der Waals surface area contributed by atoms with Gasteiger partial charge in [-0.1, -0.05) is 30.3 Å². The van der Waals surface area contributed by atoms with E-state index in [1.807, 2.05) is 4.90 Å². The molecule has 2 heterocycles. The van der Waals surface area contributed by atoms with Crippen LogP contribution in [0.25, 0.3) is 0 Å². The van der Waals surface area contributed by atoms with Crippen molar-refractivity contribution in [1.82, 2.24) is 9.80 Å². The van der Waals surface area contributed by atoms with Crippen LogP contribution in [0.15, 0.2) is 30.3 Å². The van der Waals surface area contributed by atoms with E-state index in [9.17, 15) is 4.79 Å². The predicted molar refractivity (Wildman–Crippen MR) is 101 cm³/mol. The van der Waals surface area contributed by atoms with Crippen molar-refractivity contribution in [2.75, 3.05) is 32.8 Å². The van der Waals surface area contributed by atoms with Gasteiger partial charge in [-0.25, -0.2) is 0 Å². The zero-order chi connectivity index (χ0) is 17.7. The molecular weight excluding hydrogens is 312 g/mol. The Morgan fingerprint density at radius 3 is 2.64 bits per heavy atom. The van der Waals surface area contributed by atoms with Crippen LogP contribution in [-0.4, -0.2) is 60.1 Å². The molecule has 1 aromatic rings. The number of benzene rings is 1. The Morgan fingerprint density at radius 1 is 1.28 bits per heavy atom. The summed E-state index contributed by atoms with van der Waals surface area (Å²) in [6.07, 6.45) is 5.28. The molecule has 3 rings (SSSR count). The van der Waals surface area contributed by atoms with Gasteiger partial charge in [-0.05, 0) is 44.6 Å². The number of nitrogens with zero attached hydrogens (tertiary/aromatic N) is 2. The van der Waals surface area contributed by atoms with Crippen molar-refractivity contribution in [2.24, 2.45) is 0 Å². The average molecular weight is 344 g/mol. The SMILES string of the molecule is CCN(C(C)=O)C1CCOC2(CCN(CCc3ccccc3)CC2)C1. The highest BCUT2D eigenvalue weighted by Crippen LogP contribution is 2.36. The highest BCUT2D eigenvalue weighted by Gasteiger charge is 2.41. The van der Waals surface area contributed by atoms with Gasteiger partial charge < -0.3 is 14.5 Å². The summed E-state index contributed by atoms with van der Waals surface area (Å²) in [5.41, 5.74) is 1.41. The lowest BCUT2D eigenvalue weighted by atomic mass is 9.81. The van der Waals surface area contributed by atoms with Gasteiger partial charge in [0, 0.05) is 45.8 Å². The molecule has 4 nitrogen and oxygen atoms in total. The first-order chi connectivity index (χ1) is 12.1. The Morgan fingerprint density at radius 2 is 2.00 bits per heavy atom. The molecule has 2 aliphatic rings. The summed E-state index contributed by atoms with van der Waals surface area (Å²) in [4.78, 5) is 16.5. The van der Waals surface area contributed by atoms with Crippen LogP contribution in [0.4, 0.5) is 0 Å². The average Bonchev–Trinajstić information content (AvgIpc) is 2.63. The van der Waals surface area contributed by atoms with Gasteiger partial charge in [-0.3, -0.25) is 4.79 Å². The molecule has 0 aliphatic carbocycles. The monoisotopic (exact) mass is 344 g/mol. The van der Waals surface area contributed by atoms with E-state index in [0.717, 1.165) is 64.9 Å². The smallest absolute Gasteiger partial charge is 0.219 e. The second kappa shape index (κ2) is 8.33. The first kappa shape index (κ1) is 18.4. The van der Waals surface area contributed by atoms with Gasteiger partial charge in [0.25, 0.3) is 0 Å². The second-order valence-corrected chi connectivity index (χ2v) is 7.56. The maximum absolute atomic E-state index is 11.9. The second-order valence-electron chi connectivity index (χ2n) is 7.56. The van der Waals surface area contributed by atoms with E-state index in [0.29, 0.717) is 6.04 Å². The van der Waals surface area contributed by atoms with E-state index in [1.54, 1.807) is 6.92 Å². The lowest BCUT2D eigenvalue weighted by molar-refractivity contribution is -0.148. The fourth-order valence-electron chi connectivity index (χ4n) is 4.47. The zero-order valence-corrected chi connectivity index (χ0v) is 15.7. The van der Waals surface area contributed by atoms with E-state index in [-0.39, 0.29) is 11.5 Å². The molecule has 2 saturated heterocycles. The van der Waals surface area contributed by atoms with Gasteiger partial charge in [0.1, 0.15) is 0 Å². The molecule has 0 N–H and O–H groups in total. The minimum atomic E-state index is -0.00493. The molecule has 1 unspecified atom stereocenters. The van der Waals surface area contributed by atoms with Gasteiger partial charge in [0.05, 0.1) is 5.60 Å². The van der Waals surface area contributed by atoms with Crippen LogP contribution in [0.1, 0.15) is 45.1 Å². The molecular formula is C21H32N2O2. The number of carbonyl (C=O) groups excluding carboxylic acids is 1. The third-order valence-corrected chi connectivity index (χ3v) is 5.98. The largest absolute Gasteiger partial charge is 0.375 e. The number of hydrogen-bond donors (Lipinski definition) is 0. The molecule has 2 fully saturated rings. The van der Waals surface area contributed by atoms with Crippen LogP contribution in [0.3, 0.4) is 0 Å². The minimum Gasteiger partial charge on any atom is -0.375 e. The van der Waals surface area contributed by atoms with E-state index < -0.39 is 0 Å². The molecule has 0 saturated carbocycles. The third-order valence-electron chi connectivity index (χ3n) is 5.98. The summed E-state index contributed by atoms with van der Waals surface area (Å²) in [6, 6.07) is 11.1. The standard InChI is InChI=1S/C21H32N2O2/c1-3-23(18(2)24)20-10-16-25-21(17-20)11-14-22(15-12-21)13-9-19-7-5-4-6-8-19/h4-8,20H,3,9-17H2,1-2H3. The van der Waals surface area contributed by atoms with Crippen LogP contribution in [0.5, 0.6) is 0 Å². The van der Waals surface area contributed by atoms with Gasteiger partial charge >= 0.3 is 0 Å². The summed E-state index contributed by atoms with van der Waals surface area (Å²) >= 11 is 0. The van der Waals surface area contributed by atoms with Crippen LogP contribution >= 0.6 is 0 Å². The molecule has 0 aromatic heterocycles. The van der Waals surface area contributed by atoms with Crippen molar-refractivity contribution < 1.29 is 9.53 Å². The van der Waals surface area contributed by atoms with Crippen LogP contribution in [-0.2, 0) is 16.0 Å². The lowest BCUT2D eigenvalue weighted by Crippen LogP contribution is -2.54. The molecule has 0 radical (unpaired) electrons. The summed E-state index contributed by atoms with van der Waals surface area (Å²) in [5, 5.41) is 0. The van der Waals surface area contributed by atoms with E-state index in [2.05, 4.69) is 42.2 Å². The number of rotatable bonds is 5. The van der Waals surface area contributed by atoms with Gasteiger partial charge in [0.15, 0.2) is 0 Å². The number of likely N-dealkylation sites (tertiary alicyclic amines) is 1. The summed E-state index contributed by atoms with van der Waals surface area (Å²) in [7, 11) is 0. The molecule has 1 atom stereocenters. The first-order valence-corrected chi connectivity index (χ1v) is 9.79. The Bertz CT molecular complexity index is 552. The van der Waals surface area contributed by atoms with Gasteiger partial charge in [-0.15, -0.1) is 0 Å². The number of carbonyl (C=O) groups is 1. The van der Waals surface area contributed by atoms with Crippen molar-refractivity contribution >= 4 is 5.91 Å². The van der Waals surface area contributed by atoms with E-state index >= 15 is 0 Å². The third kappa shape index (κ3) is 4.62. The van der Waals surface area contributed by atoms with E-state index in [1.165, 1.54) is 5.56 Å². The summed E-state index contributed by atoms with van der Waals surface area (Å²) < 4.78 is 6.26. The molecule has 4 heteroatoms. The van der Waals surface area contributed by atoms with Crippen molar-refractivity contribution in [3.8, 4) is 0 Å². The molecule has 1 amide bonds. The van der Waals surface area contributed by atoms with Crippen molar-refractivity contribution in [1.29, 1.82) is 0 Å². The number of piperidine rings is 1.